The fourth-order valence-corrected chi connectivity index (χ4v) is 5.92. The summed E-state index contributed by atoms with van der Waals surface area (Å²) in [6, 6.07) is 23.8. The van der Waals surface area contributed by atoms with E-state index in [0.29, 0.717) is 44.1 Å². The first kappa shape index (κ1) is 30.1. The highest BCUT2D eigenvalue weighted by Crippen LogP contribution is 2.54. The molecular formula is C33H28ClF3N8. The average molecular weight is 629 g/mol. The van der Waals surface area contributed by atoms with Crippen LogP contribution in [0.5, 0.6) is 0 Å². The molecule has 1 fully saturated rings. The van der Waals surface area contributed by atoms with Gasteiger partial charge in [-0.3, -0.25) is 9.99 Å². The molecule has 2 heterocycles. The fraction of sp³-hybridized carbons (Fsp3) is 0.242. The lowest BCUT2D eigenvalue weighted by atomic mass is 10.00. The van der Waals surface area contributed by atoms with E-state index >= 15 is 0 Å². The molecule has 6 rings (SSSR count). The van der Waals surface area contributed by atoms with Crippen LogP contribution < -0.4 is 21.6 Å². The van der Waals surface area contributed by atoms with Crippen LogP contribution in [0, 0.1) is 22.7 Å². The van der Waals surface area contributed by atoms with Gasteiger partial charge in [0.15, 0.2) is 5.54 Å². The molecule has 0 radical (unpaired) electrons. The quantitative estimate of drug-likeness (QED) is 0.150. The van der Waals surface area contributed by atoms with Gasteiger partial charge in [-0.1, -0.05) is 67.1 Å². The minimum atomic E-state index is -4.42. The van der Waals surface area contributed by atoms with Crippen molar-refractivity contribution in [2.24, 2.45) is 0 Å². The van der Waals surface area contributed by atoms with E-state index in [4.69, 9.17) is 11.6 Å². The number of fused-ring (bicyclic) bond motifs is 1. The van der Waals surface area contributed by atoms with Gasteiger partial charge in [-0.05, 0) is 48.6 Å². The molecule has 1 unspecified atom stereocenters. The van der Waals surface area contributed by atoms with Crippen LogP contribution in [0.3, 0.4) is 0 Å². The van der Waals surface area contributed by atoms with Crippen LogP contribution in [0.4, 0.5) is 24.5 Å². The second kappa shape index (κ2) is 11.8. The average Bonchev–Trinajstić information content (AvgIpc) is 3.74. The van der Waals surface area contributed by atoms with E-state index in [1.165, 1.54) is 12.4 Å². The van der Waals surface area contributed by atoms with E-state index in [-0.39, 0.29) is 24.4 Å². The fourth-order valence-electron chi connectivity index (χ4n) is 5.68. The summed E-state index contributed by atoms with van der Waals surface area (Å²) in [6.07, 6.45) is -0.903. The zero-order valence-corrected chi connectivity index (χ0v) is 24.8. The number of benzene rings is 3. The Kier molecular flexibility index (Phi) is 7.92. The summed E-state index contributed by atoms with van der Waals surface area (Å²) in [5.74, 6) is 0. The largest absolute Gasteiger partial charge is 0.413 e. The van der Waals surface area contributed by atoms with Crippen LogP contribution in [-0.2, 0) is 0 Å². The van der Waals surface area contributed by atoms with Gasteiger partial charge in [0.25, 0.3) is 0 Å². The third-order valence-electron chi connectivity index (χ3n) is 8.28. The van der Waals surface area contributed by atoms with E-state index in [1.807, 2.05) is 37.3 Å². The highest BCUT2D eigenvalue weighted by Gasteiger charge is 2.67. The molecule has 2 aliphatic rings. The monoisotopic (exact) mass is 628 g/mol. The van der Waals surface area contributed by atoms with Crippen molar-refractivity contribution in [3.8, 4) is 12.1 Å². The van der Waals surface area contributed by atoms with Crippen molar-refractivity contribution in [3.63, 3.8) is 0 Å². The Morgan fingerprint density at radius 1 is 1.02 bits per heavy atom. The summed E-state index contributed by atoms with van der Waals surface area (Å²) in [4.78, 5) is 4.45. The number of nitriles is 2. The van der Waals surface area contributed by atoms with Crippen LogP contribution >= 0.6 is 11.6 Å². The zero-order chi connectivity index (χ0) is 31.8. The van der Waals surface area contributed by atoms with Gasteiger partial charge in [0.2, 0.25) is 0 Å². The van der Waals surface area contributed by atoms with Crippen LogP contribution in [0.25, 0.3) is 10.9 Å². The van der Waals surface area contributed by atoms with E-state index in [1.54, 1.807) is 36.4 Å². The number of hydrogen-bond acceptors (Lipinski definition) is 8. The lowest BCUT2D eigenvalue weighted by Gasteiger charge is -2.28. The maximum absolute atomic E-state index is 13.9. The number of anilines is 2. The van der Waals surface area contributed by atoms with Crippen LogP contribution in [0.2, 0.25) is 5.02 Å². The Hall–Kier alpha value is -4.97. The number of hydrogen-bond donors (Lipinski definition) is 4. The van der Waals surface area contributed by atoms with Crippen molar-refractivity contribution in [3.05, 3.63) is 112 Å². The lowest BCUT2D eigenvalue weighted by Crippen LogP contribution is -2.52. The normalized spacial score (nSPS) is 16.6. The van der Waals surface area contributed by atoms with Crippen molar-refractivity contribution in [2.45, 2.75) is 50.0 Å². The molecular weight excluding hydrogens is 601 g/mol. The van der Waals surface area contributed by atoms with Crippen LogP contribution in [0.1, 0.15) is 60.5 Å². The Morgan fingerprint density at radius 3 is 2.38 bits per heavy atom. The third-order valence-corrected chi connectivity index (χ3v) is 8.62. The SMILES string of the molecule is CC[C@@H](Nc1c(C#N)cnc2c(C#N)cc(NC(C3=CN(C4(C(F)(F)F)CC4)NN3)c3ccccc3Cl)cc12)c1ccccc1. The Morgan fingerprint density at radius 2 is 1.73 bits per heavy atom. The van der Waals surface area contributed by atoms with E-state index in [9.17, 15) is 23.7 Å². The number of nitrogens with one attached hydrogen (secondary N) is 4. The lowest BCUT2D eigenvalue weighted by molar-refractivity contribution is -0.195. The molecule has 45 heavy (non-hydrogen) atoms. The molecule has 1 aliphatic heterocycles. The molecule has 2 atom stereocenters. The Balaban J connectivity index is 1.44. The van der Waals surface area contributed by atoms with Crippen molar-refractivity contribution in [1.82, 2.24) is 21.0 Å². The number of pyridine rings is 1. The molecule has 8 nitrogen and oxygen atoms in total. The molecule has 1 saturated carbocycles. The van der Waals surface area contributed by atoms with Crippen molar-refractivity contribution in [1.29, 1.82) is 10.5 Å². The summed E-state index contributed by atoms with van der Waals surface area (Å²) < 4.78 is 41.8. The summed E-state index contributed by atoms with van der Waals surface area (Å²) >= 11 is 6.61. The smallest absolute Gasteiger partial charge is 0.377 e. The Labute approximate surface area is 263 Å². The molecule has 228 valence electrons. The first-order valence-electron chi connectivity index (χ1n) is 14.4. The second-order valence-corrected chi connectivity index (χ2v) is 11.4. The minimum Gasteiger partial charge on any atom is -0.377 e. The number of rotatable bonds is 9. The predicted molar refractivity (Wildman–Crippen MR) is 166 cm³/mol. The standard InChI is InChI=1S/C33H28ClF3N8/c1-2-27(20-8-4-3-5-9-20)42-30-22(17-39)18-40-29-21(16-38)14-23(15-25(29)30)41-31(24-10-6-7-11-26(24)34)28-19-45(44-43-28)32(12-13-32)33(35,36)37/h3-11,14-15,18-19,27,31,41,43-44H,2,12-13H2,1H3,(H,40,42)/t27-,31?/m1/s1. The van der Waals surface area contributed by atoms with Gasteiger partial charge in [0.1, 0.15) is 12.1 Å². The number of aromatic nitrogens is 1. The van der Waals surface area contributed by atoms with E-state index in [0.717, 1.165) is 17.0 Å². The summed E-state index contributed by atoms with van der Waals surface area (Å²) in [5, 5.41) is 29.1. The summed E-state index contributed by atoms with van der Waals surface area (Å²) in [5.41, 5.74) is 7.61. The van der Waals surface area contributed by atoms with Crippen molar-refractivity contribution in [2.75, 3.05) is 10.6 Å². The minimum absolute atomic E-state index is 0.0267. The van der Waals surface area contributed by atoms with Gasteiger partial charge in [-0.15, -0.1) is 5.53 Å². The molecule has 3 aromatic carbocycles. The highest BCUT2D eigenvalue weighted by molar-refractivity contribution is 6.31. The molecule has 0 spiro atoms. The molecule has 1 aliphatic carbocycles. The molecule has 0 saturated heterocycles. The number of hydrazine groups is 2. The molecule has 4 aromatic rings. The third kappa shape index (κ3) is 5.57. The number of nitrogens with zero attached hydrogens (tertiary/aromatic N) is 4. The van der Waals surface area contributed by atoms with Crippen LogP contribution in [-0.4, -0.2) is 21.7 Å². The van der Waals surface area contributed by atoms with Crippen LogP contribution in [0.15, 0.2) is 84.8 Å². The van der Waals surface area contributed by atoms with Gasteiger partial charge < -0.3 is 16.1 Å². The molecule has 1 aromatic heterocycles. The highest BCUT2D eigenvalue weighted by atomic mass is 35.5. The van der Waals surface area contributed by atoms with Gasteiger partial charge >= 0.3 is 6.18 Å². The molecule has 12 heteroatoms. The van der Waals surface area contributed by atoms with Gasteiger partial charge in [-0.25, -0.2) is 0 Å². The zero-order valence-electron chi connectivity index (χ0n) is 24.1. The number of alkyl halides is 3. The summed E-state index contributed by atoms with van der Waals surface area (Å²) in [7, 11) is 0. The van der Waals surface area contributed by atoms with E-state index in [2.05, 4.69) is 38.7 Å². The van der Waals surface area contributed by atoms with Gasteiger partial charge in [0.05, 0.1) is 40.1 Å². The molecule has 4 N–H and O–H groups in total. The topological polar surface area (TPSA) is 112 Å². The Bertz CT molecular complexity index is 1860. The molecule has 0 bridgehead atoms. The van der Waals surface area contributed by atoms with Crippen molar-refractivity contribution < 1.29 is 13.2 Å². The van der Waals surface area contributed by atoms with Crippen molar-refractivity contribution >= 4 is 33.9 Å². The van der Waals surface area contributed by atoms with Gasteiger partial charge in [0, 0.05) is 28.5 Å². The van der Waals surface area contributed by atoms with E-state index < -0.39 is 17.8 Å². The first-order chi connectivity index (χ1) is 21.7. The van der Waals surface area contributed by atoms with Gasteiger partial charge in [-0.2, -0.15) is 23.7 Å². The number of halogens is 4. The second-order valence-electron chi connectivity index (χ2n) is 11.0. The summed E-state index contributed by atoms with van der Waals surface area (Å²) in [6.45, 7) is 2.03. The predicted octanol–water partition coefficient (Wildman–Crippen LogP) is 7.61. The maximum Gasteiger partial charge on any atom is 0.413 e. The maximum atomic E-state index is 13.9. The molecule has 0 amide bonds. The first-order valence-corrected chi connectivity index (χ1v) is 14.8.